The van der Waals surface area contributed by atoms with Gasteiger partial charge in [-0.1, -0.05) is 18.2 Å². The van der Waals surface area contributed by atoms with Gasteiger partial charge in [-0.2, -0.15) is 0 Å². The van der Waals surface area contributed by atoms with E-state index in [0.29, 0.717) is 12.3 Å². The summed E-state index contributed by atoms with van der Waals surface area (Å²) in [6, 6.07) is 8.60. The molecule has 2 aliphatic rings. The van der Waals surface area contributed by atoms with Crippen molar-refractivity contribution in [2.24, 2.45) is 0 Å². The minimum Gasteiger partial charge on any atom is -0.381 e. The number of para-hydroxylation sites is 1. The van der Waals surface area contributed by atoms with Crippen molar-refractivity contribution in [1.82, 2.24) is 9.80 Å². The van der Waals surface area contributed by atoms with E-state index in [4.69, 9.17) is 0 Å². The normalized spacial score (nSPS) is 23.0. The fourth-order valence-corrected chi connectivity index (χ4v) is 2.89. The maximum Gasteiger partial charge on any atom is 0.224 e. The average molecular weight is 259 g/mol. The highest BCUT2D eigenvalue weighted by molar-refractivity contribution is 5.78. The maximum absolute atomic E-state index is 12.3. The molecule has 3 rings (SSSR count). The summed E-state index contributed by atoms with van der Waals surface area (Å²) in [5.41, 5.74) is 2.53. The Balaban J connectivity index is 1.54. The van der Waals surface area contributed by atoms with Crippen LogP contribution in [0.1, 0.15) is 12.0 Å². The molecule has 0 aromatic heterocycles. The molecule has 0 bridgehead atoms. The Hall–Kier alpha value is -1.55. The predicted molar refractivity (Wildman–Crippen MR) is 76.3 cm³/mol. The van der Waals surface area contributed by atoms with E-state index in [1.807, 2.05) is 11.0 Å². The van der Waals surface area contributed by atoms with E-state index in [-0.39, 0.29) is 6.04 Å². The van der Waals surface area contributed by atoms with Crippen molar-refractivity contribution in [3.05, 3.63) is 29.8 Å². The van der Waals surface area contributed by atoms with E-state index >= 15 is 0 Å². The van der Waals surface area contributed by atoms with E-state index in [1.165, 1.54) is 11.3 Å². The minimum absolute atomic E-state index is 0.268. The largest absolute Gasteiger partial charge is 0.381 e. The zero-order valence-electron chi connectivity index (χ0n) is 11.4. The van der Waals surface area contributed by atoms with Crippen molar-refractivity contribution < 1.29 is 4.79 Å². The van der Waals surface area contributed by atoms with Crippen LogP contribution in [0.25, 0.3) is 0 Å². The van der Waals surface area contributed by atoms with Crippen molar-refractivity contribution in [2.45, 2.75) is 18.9 Å². The molecule has 1 N–H and O–H groups in total. The molecule has 0 spiro atoms. The number of nitrogens with zero attached hydrogens (tertiary/aromatic N) is 2. The number of piperazine rings is 1. The minimum atomic E-state index is 0.268. The zero-order valence-corrected chi connectivity index (χ0v) is 11.4. The summed E-state index contributed by atoms with van der Waals surface area (Å²) in [5, 5.41) is 3.46. The van der Waals surface area contributed by atoms with Gasteiger partial charge in [-0.3, -0.25) is 4.79 Å². The first kappa shape index (κ1) is 12.5. The first-order valence-corrected chi connectivity index (χ1v) is 7.03. The Kier molecular flexibility index (Phi) is 3.42. The molecule has 0 radical (unpaired) electrons. The number of likely N-dealkylation sites (N-methyl/N-ethyl adjacent to an activating group) is 1. The molecule has 4 heteroatoms. The highest BCUT2D eigenvalue weighted by Crippen LogP contribution is 2.26. The number of fused-ring (bicyclic) bond motifs is 1. The quantitative estimate of drug-likeness (QED) is 0.866. The number of carbonyl (C=O) groups is 1. The molecule has 1 saturated heterocycles. The topological polar surface area (TPSA) is 35.6 Å². The molecule has 2 aliphatic heterocycles. The highest BCUT2D eigenvalue weighted by Gasteiger charge is 2.26. The van der Waals surface area contributed by atoms with Crippen molar-refractivity contribution in [1.29, 1.82) is 0 Å². The van der Waals surface area contributed by atoms with Crippen LogP contribution in [0.15, 0.2) is 24.3 Å². The third-order valence-corrected chi connectivity index (χ3v) is 4.12. The van der Waals surface area contributed by atoms with Crippen molar-refractivity contribution in [3.8, 4) is 0 Å². The number of amides is 1. The lowest BCUT2D eigenvalue weighted by Crippen LogP contribution is -2.48. The van der Waals surface area contributed by atoms with Crippen LogP contribution < -0.4 is 5.32 Å². The molecule has 0 saturated carbocycles. The van der Waals surface area contributed by atoms with Gasteiger partial charge in [0, 0.05) is 44.3 Å². The molecule has 1 aromatic rings. The van der Waals surface area contributed by atoms with Crippen LogP contribution in [0, 0.1) is 0 Å². The van der Waals surface area contributed by atoms with Crippen LogP contribution in [-0.4, -0.2) is 55.0 Å². The molecule has 1 amide bonds. The van der Waals surface area contributed by atoms with Crippen LogP contribution >= 0.6 is 0 Å². The monoisotopic (exact) mass is 259 g/mol. The second-order valence-electron chi connectivity index (χ2n) is 5.59. The summed E-state index contributed by atoms with van der Waals surface area (Å²) >= 11 is 0. The highest BCUT2D eigenvalue weighted by atomic mass is 16.2. The number of hydrogen-bond donors (Lipinski definition) is 1. The average Bonchev–Trinajstić information content (AvgIpc) is 2.81. The van der Waals surface area contributed by atoms with E-state index in [0.717, 1.165) is 32.6 Å². The molecular weight excluding hydrogens is 238 g/mol. The molecule has 1 aromatic carbocycles. The van der Waals surface area contributed by atoms with E-state index in [2.05, 4.69) is 35.5 Å². The number of benzene rings is 1. The van der Waals surface area contributed by atoms with Gasteiger partial charge in [0.05, 0.1) is 0 Å². The first-order chi connectivity index (χ1) is 9.22. The number of anilines is 1. The summed E-state index contributed by atoms with van der Waals surface area (Å²) in [5.74, 6) is 0.290. The Morgan fingerprint density at radius 3 is 2.74 bits per heavy atom. The van der Waals surface area contributed by atoms with Crippen LogP contribution in [0.5, 0.6) is 0 Å². The lowest BCUT2D eigenvalue weighted by Gasteiger charge is -2.33. The molecule has 4 nitrogen and oxygen atoms in total. The van der Waals surface area contributed by atoms with E-state index in [9.17, 15) is 4.79 Å². The number of rotatable bonds is 2. The molecular formula is C15H21N3O. The number of carbonyl (C=O) groups excluding carboxylic acids is 1. The van der Waals surface area contributed by atoms with Gasteiger partial charge in [-0.05, 0) is 25.1 Å². The first-order valence-electron chi connectivity index (χ1n) is 7.03. The summed E-state index contributed by atoms with van der Waals surface area (Å²) in [4.78, 5) is 16.6. The Labute approximate surface area is 114 Å². The number of nitrogens with one attached hydrogen (secondary N) is 1. The molecule has 1 unspecified atom stereocenters. The zero-order chi connectivity index (χ0) is 13.2. The van der Waals surface area contributed by atoms with Gasteiger partial charge in [0.15, 0.2) is 0 Å². The van der Waals surface area contributed by atoms with Crippen molar-refractivity contribution in [3.63, 3.8) is 0 Å². The van der Waals surface area contributed by atoms with Gasteiger partial charge >= 0.3 is 0 Å². The van der Waals surface area contributed by atoms with Crippen LogP contribution in [0.4, 0.5) is 5.69 Å². The fourth-order valence-electron chi connectivity index (χ4n) is 2.89. The third-order valence-electron chi connectivity index (χ3n) is 4.12. The summed E-state index contributed by atoms with van der Waals surface area (Å²) in [6.07, 6.45) is 1.58. The van der Waals surface area contributed by atoms with Crippen LogP contribution in [0.3, 0.4) is 0 Å². The van der Waals surface area contributed by atoms with Crippen molar-refractivity contribution >= 4 is 11.6 Å². The second kappa shape index (κ2) is 5.21. The van der Waals surface area contributed by atoms with Gasteiger partial charge in [0.25, 0.3) is 0 Å². The van der Waals surface area contributed by atoms with E-state index < -0.39 is 0 Å². The number of hydrogen-bond acceptors (Lipinski definition) is 3. The van der Waals surface area contributed by atoms with Gasteiger partial charge in [-0.15, -0.1) is 0 Å². The van der Waals surface area contributed by atoms with Gasteiger partial charge in [0.1, 0.15) is 0 Å². The molecule has 2 heterocycles. The lowest BCUT2D eigenvalue weighted by atomic mass is 10.1. The fraction of sp³-hybridized carbons (Fsp3) is 0.533. The molecule has 1 fully saturated rings. The lowest BCUT2D eigenvalue weighted by molar-refractivity contribution is -0.132. The third kappa shape index (κ3) is 2.73. The standard InChI is InChI=1S/C15H21N3O/c1-17-6-8-18(9-7-17)15(19)11-13-10-12-4-2-3-5-14(12)16-13/h2-5,13,16H,6-11H2,1H3. The van der Waals surface area contributed by atoms with Crippen LogP contribution in [-0.2, 0) is 11.2 Å². The molecule has 102 valence electrons. The molecule has 19 heavy (non-hydrogen) atoms. The summed E-state index contributed by atoms with van der Waals surface area (Å²) in [6.45, 7) is 3.72. The predicted octanol–water partition coefficient (Wildman–Crippen LogP) is 1.19. The maximum atomic E-state index is 12.3. The summed E-state index contributed by atoms with van der Waals surface area (Å²) in [7, 11) is 2.11. The Bertz CT molecular complexity index is 441. The Morgan fingerprint density at radius 1 is 1.26 bits per heavy atom. The summed E-state index contributed by atoms with van der Waals surface area (Å²) < 4.78 is 0. The molecule has 1 atom stereocenters. The van der Waals surface area contributed by atoms with Gasteiger partial charge < -0.3 is 15.1 Å². The van der Waals surface area contributed by atoms with Gasteiger partial charge in [0.2, 0.25) is 5.91 Å². The molecule has 0 aliphatic carbocycles. The van der Waals surface area contributed by atoms with Crippen molar-refractivity contribution in [2.75, 3.05) is 38.5 Å². The van der Waals surface area contributed by atoms with Crippen LogP contribution in [0.2, 0.25) is 0 Å². The van der Waals surface area contributed by atoms with E-state index in [1.54, 1.807) is 0 Å². The smallest absolute Gasteiger partial charge is 0.224 e. The Morgan fingerprint density at radius 2 is 2.00 bits per heavy atom. The second-order valence-corrected chi connectivity index (χ2v) is 5.59. The SMILES string of the molecule is CN1CCN(C(=O)CC2Cc3ccccc3N2)CC1. The van der Waals surface area contributed by atoms with Gasteiger partial charge in [-0.25, -0.2) is 0 Å².